The Bertz CT molecular complexity index is 679. The van der Waals surface area contributed by atoms with E-state index in [9.17, 15) is 25.2 Å². The van der Waals surface area contributed by atoms with Crippen molar-refractivity contribution in [2.75, 3.05) is 0 Å². The van der Waals surface area contributed by atoms with Crippen LogP contribution in [-0.2, 0) is 4.79 Å². The monoisotopic (exact) mass is 424 g/mol. The minimum Gasteiger partial charge on any atom is -0.481 e. The molecule has 5 N–H and O–H groups in total. The Kier molecular flexibility index (Phi) is 5.57. The highest BCUT2D eigenvalue weighted by molar-refractivity contribution is 5.66. The molecule has 0 spiro atoms. The first-order chi connectivity index (χ1) is 13.9. The van der Waals surface area contributed by atoms with Crippen LogP contribution in [0.15, 0.2) is 0 Å². The number of aliphatic hydroxyl groups excluding tert-OH is 2. The van der Waals surface area contributed by atoms with Crippen molar-refractivity contribution in [1.29, 1.82) is 0 Å². The van der Waals surface area contributed by atoms with Gasteiger partial charge < -0.3 is 25.5 Å². The molecule has 0 unspecified atom stereocenters. The first kappa shape index (κ1) is 22.5. The van der Waals surface area contributed by atoms with E-state index in [1.54, 1.807) is 0 Å². The van der Waals surface area contributed by atoms with E-state index in [0.717, 1.165) is 12.8 Å². The van der Waals surface area contributed by atoms with Crippen molar-refractivity contribution in [3.63, 3.8) is 0 Å². The molecule has 0 heterocycles. The molecule has 6 heteroatoms. The molecule has 0 aromatic rings. The fraction of sp³-hybridized carbons (Fsp3) is 0.958. The Morgan fingerprint density at radius 3 is 2.43 bits per heavy atom. The maximum Gasteiger partial charge on any atom is 0.303 e. The highest BCUT2D eigenvalue weighted by Gasteiger charge is 2.66. The van der Waals surface area contributed by atoms with Gasteiger partial charge in [0.1, 0.15) is 0 Å². The molecule has 30 heavy (non-hydrogen) atoms. The van der Waals surface area contributed by atoms with Gasteiger partial charge in [-0.1, -0.05) is 20.8 Å². The molecule has 6 nitrogen and oxygen atoms in total. The standard InChI is InChI=1S/C24H40O6/c1-13(4-7-20(27)28)15-5-6-16-21-17(11-19(26)23(15,16)3)22(2)8-9-24(29,30)12-14(22)10-18(21)25/h13-19,21,25-26,29-30H,4-12H2,1-3H3,(H,27,28)/t13-,14-,15-,16+,17+,18+,19+,21+,22+,23-/m1/s1. The zero-order valence-electron chi connectivity index (χ0n) is 18.6. The predicted molar refractivity (Wildman–Crippen MR) is 111 cm³/mol. The molecule has 172 valence electrons. The third kappa shape index (κ3) is 3.33. The first-order valence-corrected chi connectivity index (χ1v) is 11.9. The van der Waals surface area contributed by atoms with Gasteiger partial charge >= 0.3 is 5.97 Å². The molecule has 0 bridgehead atoms. The van der Waals surface area contributed by atoms with Crippen molar-refractivity contribution < 1.29 is 30.3 Å². The molecule has 10 atom stereocenters. The summed E-state index contributed by atoms with van der Waals surface area (Å²) in [5.41, 5.74) is -0.385. The van der Waals surface area contributed by atoms with Gasteiger partial charge in [-0.05, 0) is 84.9 Å². The van der Waals surface area contributed by atoms with E-state index in [1.807, 2.05) is 0 Å². The van der Waals surface area contributed by atoms with Gasteiger partial charge in [0.05, 0.1) is 12.2 Å². The van der Waals surface area contributed by atoms with E-state index in [2.05, 4.69) is 20.8 Å². The summed E-state index contributed by atoms with van der Waals surface area (Å²) >= 11 is 0. The van der Waals surface area contributed by atoms with Gasteiger partial charge in [0, 0.05) is 19.3 Å². The molecular weight excluding hydrogens is 384 g/mol. The average Bonchev–Trinajstić information content (AvgIpc) is 3.00. The van der Waals surface area contributed by atoms with Crippen LogP contribution in [0.4, 0.5) is 0 Å². The van der Waals surface area contributed by atoms with E-state index >= 15 is 0 Å². The van der Waals surface area contributed by atoms with Crippen LogP contribution < -0.4 is 0 Å². The van der Waals surface area contributed by atoms with Crippen molar-refractivity contribution in [1.82, 2.24) is 0 Å². The fourth-order valence-electron chi connectivity index (χ4n) is 8.68. The van der Waals surface area contributed by atoms with Crippen molar-refractivity contribution in [2.24, 2.45) is 46.3 Å². The molecule has 4 rings (SSSR count). The van der Waals surface area contributed by atoms with Crippen LogP contribution in [0.3, 0.4) is 0 Å². The number of carboxylic acid groups (broad SMARTS) is 1. The molecule has 4 fully saturated rings. The van der Waals surface area contributed by atoms with E-state index in [4.69, 9.17) is 5.11 Å². The summed E-state index contributed by atoms with van der Waals surface area (Å²) in [7, 11) is 0. The molecular formula is C24H40O6. The normalized spacial score (nSPS) is 50.8. The van der Waals surface area contributed by atoms with Gasteiger partial charge in [0.25, 0.3) is 0 Å². The summed E-state index contributed by atoms with van der Waals surface area (Å²) in [5.74, 6) is -1.32. The van der Waals surface area contributed by atoms with Crippen molar-refractivity contribution in [3.05, 3.63) is 0 Å². The van der Waals surface area contributed by atoms with Gasteiger partial charge in [-0.2, -0.15) is 0 Å². The van der Waals surface area contributed by atoms with E-state index in [-0.39, 0.29) is 52.8 Å². The lowest BCUT2D eigenvalue weighted by molar-refractivity contribution is -0.255. The highest BCUT2D eigenvalue weighted by Crippen LogP contribution is 2.68. The van der Waals surface area contributed by atoms with Crippen molar-refractivity contribution in [3.8, 4) is 0 Å². The molecule has 0 amide bonds. The zero-order valence-corrected chi connectivity index (χ0v) is 18.6. The van der Waals surface area contributed by atoms with Crippen molar-refractivity contribution >= 4 is 5.97 Å². The highest BCUT2D eigenvalue weighted by atomic mass is 16.5. The van der Waals surface area contributed by atoms with Gasteiger partial charge in [-0.3, -0.25) is 4.79 Å². The fourth-order valence-corrected chi connectivity index (χ4v) is 8.68. The number of aliphatic carboxylic acids is 1. The summed E-state index contributed by atoms with van der Waals surface area (Å²) in [6, 6.07) is 0. The summed E-state index contributed by atoms with van der Waals surface area (Å²) < 4.78 is 0. The van der Waals surface area contributed by atoms with Gasteiger partial charge in [0.15, 0.2) is 5.79 Å². The quantitative estimate of drug-likeness (QED) is 0.443. The SMILES string of the molecule is C[C@H](CCC(=O)O)[C@H]1CC[C@H]2[C@@H]3[C@@H](O)C[C@@H]4CC(O)(O)CC[C@]4(C)[C@H]3C[C@H](O)[C@]12C. The second-order valence-corrected chi connectivity index (χ2v) is 11.7. The van der Waals surface area contributed by atoms with Crippen molar-refractivity contribution in [2.45, 2.75) is 96.6 Å². The Morgan fingerprint density at radius 1 is 1.07 bits per heavy atom. The molecule has 4 aliphatic carbocycles. The number of hydrogen-bond donors (Lipinski definition) is 5. The van der Waals surface area contributed by atoms with Gasteiger partial charge in [-0.15, -0.1) is 0 Å². The maximum atomic E-state index is 11.5. The number of rotatable bonds is 4. The lowest BCUT2D eigenvalue weighted by Gasteiger charge is -2.64. The van der Waals surface area contributed by atoms with Crippen LogP contribution in [0.5, 0.6) is 0 Å². The first-order valence-electron chi connectivity index (χ1n) is 11.9. The molecule has 0 radical (unpaired) electrons. The zero-order chi connectivity index (χ0) is 22.1. The van der Waals surface area contributed by atoms with Crippen LogP contribution in [0.2, 0.25) is 0 Å². The molecule has 0 saturated heterocycles. The van der Waals surface area contributed by atoms with Crippen LogP contribution in [-0.4, -0.2) is 49.5 Å². The van der Waals surface area contributed by atoms with Crippen LogP contribution in [0.1, 0.15) is 78.6 Å². The molecule has 4 aliphatic rings. The topological polar surface area (TPSA) is 118 Å². The van der Waals surface area contributed by atoms with Gasteiger partial charge in [0.2, 0.25) is 0 Å². The summed E-state index contributed by atoms with van der Waals surface area (Å²) in [6.45, 7) is 6.55. The van der Waals surface area contributed by atoms with Crippen LogP contribution >= 0.6 is 0 Å². The van der Waals surface area contributed by atoms with Gasteiger partial charge in [-0.25, -0.2) is 0 Å². The minimum absolute atomic E-state index is 0.0562. The largest absolute Gasteiger partial charge is 0.481 e. The smallest absolute Gasteiger partial charge is 0.303 e. The summed E-state index contributed by atoms with van der Waals surface area (Å²) in [4.78, 5) is 11.1. The van der Waals surface area contributed by atoms with E-state index in [0.29, 0.717) is 38.5 Å². The summed E-state index contributed by atoms with van der Waals surface area (Å²) in [6.07, 6.45) is 4.40. The molecule has 4 saturated carbocycles. The van der Waals surface area contributed by atoms with Crippen LogP contribution in [0, 0.1) is 46.3 Å². The minimum atomic E-state index is -1.64. The number of aliphatic hydroxyl groups is 4. The Morgan fingerprint density at radius 2 is 1.77 bits per heavy atom. The Labute approximate surface area is 179 Å². The summed E-state index contributed by atoms with van der Waals surface area (Å²) in [5, 5.41) is 52.3. The second kappa shape index (κ2) is 7.43. The predicted octanol–water partition coefficient (Wildman–Crippen LogP) is 2.77. The average molecular weight is 425 g/mol. The third-order valence-corrected chi connectivity index (χ3v) is 10.4. The molecule has 0 aromatic carbocycles. The third-order valence-electron chi connectivity index (χ3n) is 10.4. The molecule has 0 aliphatic heterocycles. The van der Waals surface area contributed by atoms with Crippen LogP contribution in [0.25, 0.3) is 0 Å². The van der Waals surface area contributed by atoms with E-state index < -0.39 is 24.0 Å². The maximum absolute atomic E-state index is 11.5. The number of hydrogen-bond acceptors (Lipinski definition) is 5. The number of carboxylic acids is 1. The lowest BCUT2D eigenvalue weighted by Crippen LogP contribution is -2.63. The lowest BCUT2D eigenvalue weighted by atomic mass is 9.43. The molecule has 0 aromatic heterocycles. The number of carbonyl (C=O) groups is 1. The number of fused-ring (bicyclic) bond motifs is 5. The Balaban J connectivity index is 1.61. The Hall–Kier alpha value is -0.690. The second-order valence-electron chi connectivity index (χ2n) is 11.7. The van der Waals surface area contributed by atoms with E-state index in [1.165, 1.54) is 0 Å².